The summed E-state index contributed by atoms with van der Waals surface area (Å²) < 4.78 is 4.60. The Hall–Kier alpha value is -0.990. The summed E-state index contributed by atoms with van der Waals surface area (Å²) in [5.74, 6) is -0.247. The summed E-state index contributed by atoms with van der Waals surface area (Å²) in [5, 5.41) is 0. The predicted octanol–water partition coefficient (Wildman–Crippen LogP) is 1.55. The molecule has 0 saturated carbocycles. The lowest BCUT2D eigenvalue weighted by atomic mass is 10.3. The third kappa shape index (κ3) is 2.76. The van der Waals surface area contributed by atoms with Crippen LogP contribution in [0.3, 0.4) is 0 Å². The molecule has 0 N–H and O–H groups in total. The van der Waals surface area contributed by atoms with Crippen LogP contribution in [0.1, 0.15) is 26.2 Å². The fraction of sp³-hybridized carbons (Fsp3) is 0.700. The third-order valence-corrected chi connectivity index (χ3v) is 2.36. The number of esters is 1. The number of hydrogen-bond acceptors (Lipinski definition) is 3. The van der Waals surface area contributed by atoms with Crippen molar-refractivity contribution in [3.63, 3.8) is 0 Å². The number of rotatable bonds is 3. The molecule has 3 heteroatoms. The van der Waals surface area contributed by atoms with Gasteiger partial charge in [-0.15, -0.1) is 0 Å². The first-order chi connectivity index (χ1) is 6.27. The minimum Gasteiger partial charge on any atom is -0.466 e. The zero-order valence-corrected chi connectivity index (χ0v) is 8.38. The molecule has 1 heterocycles. The largest absolute Gasteiger partial charge is 0.466 e. The van der Waals surface area contributed by atoms with Gasteiger partial charge < -0.3 is 9.64 Å². The molecule has 1 saturated heterocycles. The lowest BCUT2D eigenvalue weighted by Gasteiger charge is -2.19. The first-order valence-corrected chi connectivity index (χ1v) is 4.81. The van der Waals surface area contributed by atoms with E-state index in [0.717, 1.165) is 25.2 Å². The van der Waals surface area contributed by atoms with Crippen molar-refractivity contribution < 1.29 is 9.53 Å². The molecular formula is C10H17NO2. The average molecular weight is 183 g/mol. The van der Waals surface area contributed by atoms with Gasteiger partial charge in [-0.3, -0.25) is 0 Å². The van der Waals surface area contributed by atoms with Gasteiger partial charge in [0.2, 0.25) is 0 Å². The first kappa shape index (κ1) is 10.1. The van der Waals surface area contributed by atoms with Gasteiger partial charge in [-0.05, 0) is 19.3 Å². The number of carbonyl (C=O) groups excluding carboxylic acids is 1. The van der Waals surface area contributed by atoms with Crippen LogP contribution in [0.25, 0.3) is 0 Å². The number of allylic oxidation sites excluding steroid dienone is 1. The second kappa shape index (κ2) is 4.90. The molecule has 1 rings (SSSR count). The zero-order valence-electron chi connectivity index (χ0n) is 8.38. The van der Waals surface area contributed by atoms with Crippen molar-refractivity contribution in [2.24, 2.45) is 0 Å². The summed E-state index contributed by atoms with van der Waals surface area (Å²) >= 11 is 0. The first-order valence-electron chi connectivity index (χ1n) is 4.81. The van der Waals surface area contributed by atoms with Crippen LogP contribution in [-0.4, -0.2) is 31.1 Å². The lowest BCUT2D eigenvalue weighted by Crippen LogP contribution is -2.19. The van der Waals surface area contributed by atoms with Gasteiger partial charge in [0.25, 0.3) is 0 Å². The minimum atomic E-state index is -0.247. The van der Waals surface area contributed by atoms with E-state index in [2.05, 4.69) is 16.6 Å². The lowest BCUT2D eigenvalue weighted by molar-refractivity contribution is -0.135. The number of carbonyl (C=O) groups is 1. The normalized spacial score (nSPS) is 17.7. The molecule has 0 amide bonds. The third-order valence-electron chi connectivity index (χ3n) is 2.36. The summed E-state index contributed by atoms with van der Waals surface area (Å²) in [5.41, 5.74) is 1.10. The summed E-state index contributed by atoms with van der Waals surface area (Å²) in [6.45, 7) is 4.22. The molecule has 0 bridgehead atoms. The van der Waals surface area contributed by atoms with Crippen LogP contribution in [0.2, 0.25) is 0 Å². The highest BCUT2D eigenvalue weighted by atomic mass is 16.5. The number of ether oxygens (including phenoxy) is 1. The van der Waals surface area contributed by atoms with E-state index in [1.165, 1.54) is 20.0 Å². The Kier molecular flexibility index (Phi) is 3.80. The maximum Gasteiger partial charge on any atom is 0.332 e. The summed E-state index contributed by atoms with van der Waals surface area (Å²) in [6, 6.07) is 0. The maximum absolute atomic E-state index is 11.0. The van der Waals surface area contributed by atoms with Crippen LogP contribution in [-0.2, 0) is 9.53 Å². The molecular weight excluding hydrogens is 166 g/mol. The van der Waals surface area contributed by atoms with Crippen molar-refractivity contribution in [2.75, 3.05) is 20.2 Å². The van der Waals surface area contributed by atoms with Crippen molar-refractivity contribution in [3.05, 3.63) is 11.8 Å². The molecule has 1 aliphatic heterocycles. The van der Waals surface area contributed by atoms with E-state index in [1.807, 2.05) is 0 Å². The second-order valence-electron chi connectivity index (χ2n) is 3.21. The Bertz CT molecular complexity index is 205. The molecule has 74 valence electrons. The van der Waals surface area contributed by atoms with Crippen LogP contribution in [0.15, 0.2) is 11.8 Å². The van der Waals surface area contributed by atoms with E-state index in [1.54, 1.807) is 6.08 Å². The molecule has 13 heavy (non-hydrogen) atoms. The molecule has 3 nitrogen and oxygen atoms in total. The number of likely N-dealkylation sites (tertiary alicyclic amines) is 1. The maximum atomic E-state index is 11.0. The predicted molar refractivity (Wildman–Crippen MR) is 51.2 cm³/mol. The van der Waals surface area contributed by atoms with Gasteiger partial charge in [-0.2, -0.15) is 0 Å². The van der Waals surface area contributed by atoms with Crippen molar-refractivity contribution in [3.8, 4) is 0 Å². The molecule has 0 radical (unpaired) electrons. The smallest absolute Gasteiger partial charge is 0.332 e. The topological polar surface area (TPSA) is 29.5 Å². The zero-order chi connectivity index (χ0) is 9.68. The van der Waals surface area contributed by atoms with Crippen LogP contribution in [0.5, 0.6) is 0 Å². The van der Waals surface area contributed by atoms with Gasteiger partial charge in [0.15, 0.2) is 0 Å². The SMILES string of the molecule is CC/C(=C\C(=O)OC)N1CCCC1. The molecule has 0 aliphatic carbocycles. The van der Waals surface area contributed by atoms with Gasteiger partial charge in [-0.1, -0.05) is 6.92 Å². The van der Waals surface area contributed by atoms with E-state index < -0.39 is 0 Å². The quantitative estimate of drug-likeness (QED) is 0.491. The minimum absolute atomic E-state index is 0.247. The summed E-state index contributed by atoms with van der Waals surface area (Å²) in [6.07, 6.45) is 4.97. The van der Waals surface area contributed by atoms with Crippen LogP contribution < -0.4 is 0 Å². The fourth-order valence-electron chi connectivity index (χ4n) is 1.62. The van der Waals surface area contributed by atoms with Gasteiger partial charge in [-0.25, -0.2) is 4.79 Å². The molecule has 0 unspecified atom stereocenters. The second-order valence-corrected chi connectivity index (χ2v) is 3.21. The molecule has 1 fully saturated rings. The van der Waals surface area contributed by atoms with Crippen molar-refractivity contribution in [2.45, 2.75) is 26.2 Å². The van der Waals surface area contributed by atoms with Crippen LogP contribution in [0.4, 0.5) is 0 Å². The van der Waals surface area contributed by atoms with E-state index in [4.69, 9.17) is 0 Å². The van der Waals surface area contributed by atoms with Crippen LogP contribution in [0, 0.1) is 0 Å². The highest BCUT2D eigenvalue weighted by Gasteiger charge is 2.14. The number of nitrogens with zero attached hydrogens (tertiary/aromatic N) is 1. The standard InChI is InChI=1S/C10H17NO2/c1-3-9(8-10(12)13-2)11-6-4-5-7-11/h8H,3-7H2,1-2H3/b9-8+. The molecule has 0 atom stereocenters. The van der Waals surface area contributed by atoms with E-state index in [0.29, 0.717) is 0 Å². The molecule has 0 aromatic rings. The molecule has 0 spiro atoms. The average Bonchev–Trinajstić information content (AvgIpc) is 2.66. The van der Waals surface area contributed by atoms with Crippen molar-refractivity contribution in [1.82, 2.24) is 4.90 Å². The molecule has 0 aromatic carbocycles. The van der Waals surface area contributed by atoms with Gasteiger partial charge >= 0.3 is 5.97 Å². The summed E-state index contributed by atoms with van der Waals surface area (Å²) in [7, 11) is 1.41. The Labute approximate surface area is 79.4 Å². The van der Waals surface area contributed by atoms with Gasteiger partial charge in [0.1, 0.15) is 0 Å². The van der Waals surface area contributed by atoms with E-state index in [9.17, 15) is 4.79 Å². The Morgan fingerprint density at radius 3 is 2.54 bits per heavy atom. The number of methoxy groups -OCH3 is 1. The summed E-state index contributed by atoms with van der Waals surface area (Å²) in [4.78, 5) is 13.3. The van der Waals surface area contributed by atoms with Gasteiger partial charge in [0, 0.05) is 24.9 Å². The highest BCUT2D eigenvalue weighted by Crippen LogP contribution is 2.16. The number of hydrogen-bond donors (Lipinski definition) is 0. The van der Waals surface area contributed by atoms with E-state index in [-0.39, 0.29) is 5.97 Å². The van der Waals surface area contributed by atoms with E-state index >= 15 is 0 Å². The Morgan fingerprint density at radius 2 is 2.08 bits per heavy atom. The Balaban J connectivity index is 2.59. The van der Waals surface area contributed by atoms with Gasteiger partial charge in [0.05, 0.1) is 7.11 Å². The highest BCUT2D eigenvalue weighted by molar-refractivity contribution is 5.82. The molecule has 0 aromatic heterocycles. The molecule has 1 aliphatic rings. The van der Waals surface area contributed by atoms with Crippen molar-refractivity contribution >= 4 is 5.97 Å². The fourth-order valence-corrected chi connectivity index (χ4v) is 1.62. The monoisotopic (exact) mass is 183 g/mol. The van der Waals surface area contributed by atoms with Crippen molar-refractivity contribution in [1.29, 1.82) is 0 Å². The Morgan fingerprint density at radius 1 is 1.46 bits per heavy atom. The van der Waals surface area contributed by atoms with Crippen LogP contribution >= 0.6 is 0 Å².